The minimum Gasteiger partial charge on any atom is -0.488 e. The van der Waals surface area contributed by atoms with E-state index >= 15 is 0 Å². The van der Waals surface area contributed by atoms with Crippen LogP contribution in [0.3, 0.4) is 0 Å². The van der Waals surface area contributed by atoms with Crippen LogP contribution in [-0.2, 0) is 43.4 Å². The van der Waals surface area contributed by atoms with E-state index in [2.05, 4.69) is 28.7 Å². The molecule has 0 spiro atoms. The zero-order valence-electron chi connectivity index (χ0n) is 29.7. The summed E-state index contributed by atoms with van der Waals surface area (Å²) in [6.07, 6.45) is -0.397. The van der Waals surface area contributed by atoms with Crippen LogP contribution in [0.25, 0.3) is 10.8 Å². The van der Waals surface area contributed by atoms with Gasteiger partial charge in [0.05, 0.1) is 27.1 Å². The summed E-state index contributed by atoms with van der Waals surface area (Å²) in [5.41, 5.74) is 4.37. The molecular weight excluding hydrogens is 779 g/mol. The number of carbonyl (C=O) groups excluding carboxylic acids is 2. The number of carbonyl (C=O) groups is 2. The van der Waals surface area contributed by atoms with E-state index in [0.717, 1.165) is 31.6 Å². The number of aryl methyl sites for hydroxylation is 1. The highest BCUT2D eigenvalue weighted by molar-refractivity contribution is 14.1. The van der Waals surface area contributed by atoms with E-state index in [1.54, 1.807) is 18.2 Å². The predicted molar refractivity (Wildman–Crippen MR) is 204 cm³/mol. The Kier molecular flexibility index (Phi) is 13.9. The molecule has 0 aromatic heterocycles. The van der Waals surface area contributed by atoms with Gasteiger partial charge in [0.15, 0.2) is 13.6 Å². The van der Waals surface area contributed by atoms with Crippen molar-refractivity contribution in [2.75, 3.05) is 27.8 Å². The van der Waals surface area contributed by atoms with Crippen LogP contribution in [0.5, 0.6) is 28.7 Å². The Morgan fingerprint density at radius 1 is 0.654 bits per heavy atom. The molecule has 0 aliphatic rings. The van der Waals surface area contributed by atoms with E-state index in [0.29, 0.717) is 40.9 Å². The fourth-order valence-corrected chi connectivity index (χ4v) is 6.39. The lowest BCUT2D eigenvalue weighted by Gasteiger charge is -2.26. The third-order valence-electron chi connectivity index (χ3n) is 7.86. The van der Waals surface area contributed by atoms with Crippen LogP contribution in [0.1, 0.15) is 47.8 Å². The monoisotopic (exact) mass is 820 g/mol. The highest BCUT2D eigenvalue weighted by atomic mass is 127. The molecule has 0 unspecified atom stereocenters. The van der Waals surface area contributed by atoms with Crippen LogP contribution in [-0.4, -0.2) is 39.7 Å². The molecule has 10 nitrogen and oxygen atoms in total. The molecule has 0 bridgehead atoms. The van der Waals surface area contributed by atoms with Crippen molar-refractivity contribution >= 4 is 45.3 Å². The third kappa shape index (κ3) is 10.0. The van der Waals surface area contributed by atoms with Crippen molar-refractivity contribution in [3.05, 3.63) is 122 Å². The number of esters is 2. The molecule has 0 aliphatic heterocycles. The summed E-state index contributed by atoms with van der Waals surface area (Å²) in [4.78, 5) is 25.5. The Balaban J connectivity index is 1.72. The van der Waals surface area contributed by atoms with E-state index < -0.39 is 18.0 Å². The first-order valence-corrected chi connectivity index (χ1v) is 17.6. The van der Waals surface area contributed by atoms with Crippen molar-refractivity contribution in [3.8, 4) is 28.7 Å². The molecule has 11 heteroatoms. The summed E-state index contributed by atoms with van der Waals surface area (Å²) >= 11 is 2.30. The van der Waals surface area contributed by atoms with Crippen LogP contribution in [0.2, 0.25) is 0 Å². The minimum atomic E-state index is -0.732. The second-order valence-electron chi connectivity index (χ2n) is 11.9. The normalized spacial score (nSPS) is 11.6. The van der Waals surface area contributed by atoms with E-state index in [1.807, 2.05) is 73.7 Å². The van der Waals surface area contributed by atoms with Gasteiger partial charge in [-0.15, -0.1) is 0 Å². The SMILES string of the molecule is COCOc1ccc(OCOC)c2c(OC(C)=O)c([C@@H](Cc3cc(C)cc(OCc4ccccc4)c3I)OCc3ccccc3)cc(OC(C)=O)c12. The number of benzene rings is 5. The molecule has 272 valence electrons. The van der Waals surface area contributed by atoms with Gasteiger partial charge in [0, 0.05) is 40.1 Å². The van der Waals surface area contributed by atoms with Gasteiger partial charge in [-0.1, -0.05) is 66.7 Å². The van der Waals surface area contributed by atoms with Crippen molar-refractivity contribution in [2.24, 2.45) is 0 Å². The second kappa shape index (κ2) is 18.7. The van der Waals surface area contributed by atoms with Crippen molar-refractivity contribution in [1.29, 1.82) is 0 Å². The van der Waals surface area contributed by atoms with Crippen LogP contribution < -0.4 is 23.7 Å². The first-order valence-electron chi connectivity index (χ1n) is 16.5. The maximum absolute atomic E-state index is 12.9. The Morgan fingerprint density at radius 2 is 1.23 bits per heavy atom. The molecule has 5 aromatic carbocycles. The van der Waals surface area contributed by atoms with Gasteiger partial charge in [-0.3, -0.25) is 9.59 Å². The average molecular weight is 821 g/mol. The number of ether oxygens (including phenoxy) is 8. The highest BCUT2D eigenvalue weighted by Gasteiger charge is 2.29. The fourth-order valence-electron chi connectivity index (χ4n) is 5.70. The van der Waals surface area contributed by atoms with Gasteiger partial charge in [-0.2, -0.15) is 0 Å². The molecular formula is C41H41IO10. The van der Waals surface area contributed by atoms with Gasteiger partial charge in [-0.25, -0.2) is 0 Å². The molecule has 0 amide bonds. The molecule has 0 heterocycles. The maximum atomic E-state index is 12.9. The number of halogens is 1. The molecule has 0 fully saturated rings. The van der Waals surface area contributed by atoms with Crippen molar-refractivity contribution in [2.45, 2.75) is 46.5 Å². The van der Waals surface area contributed by atoms with E-state index in [-0.39, 0.29) is 31.7 Å². The Hall–Kier alpha value is -4.69. The molecule has 1 atom stereocenters. The van der Waals surface area contributed by atoms with Gasteiger partial charge in [0.2, 0.25) is 0 Å². The topological polar surface area (TPSA) is 108 Å². The lowest BCUT2D eigenvalue weighted by molar-refractivity contribution is -0.133. The first kappa shape index (κ1) is 38.5. The Labute approximate surface area is 317 Å². The van der Waals surface area contributed by atoms with E-state index in [4.69, 9.17) is 37.9 Å². The molecule has 52 heavy (non-hydrogen) atoms. The molecule has 0 N–H and O–H groups in total. The lowest BCUT2D eigenvalue weighted by Crippen LogP contribution is -2.15. The smallest absolute Gasteiger partial charge is 0.308 e. The molecule has 5 rings (SSSR count). The number of hydrogen-bond donors (Lipinski definition) is 0. The third-order valence-corrected chi connectivity index (χ3v) is 9.08. The van der Waals surface area contributed by atoms with Gasteiger partial charge < -0.3 is 37.9 Å². The summed E-state index contributed by atoms with van der Waals surface area (Å²) < 4.78 is 48.2. The van der Waals surface area contributed by atoms with E-state index in [1.165, 1.54) is 28.1 Å². The highest BCUT2D eigenvalue weighted by Crippen LogP contribution is 2.49. The second-order valence-corrected chi connectivity index (χ2v) is 13.0. The Morgan fingerprint density at radius 3 is 1.81 bits per heavy atom. The fraction of sp³-hybridized carbons (Fsp3) is 0.268. The summed E-state index contributed by atoms with van der Waals surface area (Å²) in [6.45, 7) is 5.06. The van der Waals surface area contributed by atoms with E-state index in [9.17, 15) is 9.59 Å². The standard InChI is InChI=1S/C41H41IO10/c1-26-18-31(40(42)37(19-26)48-23-30-14-10-7-11-15-30)20-35(47-22-29-12-8-6-9-13-29)32-21-36(51-27(2)43)38-33(49-24-45-4)16-17-34(50-25-46-5)39(38)41(32)52-28(3)44/h6-19,21,35H,20,22-25H2,1-5H3/t35-/m1/s1. The number of rotatable bonds is 17. The van der Waals surface area contributed by atoms with Gasteiger partial charge in [0.1, 0.15) is 35.4 Å². The lowest BCUT2D eigenvalue weighted by atomic mass is 9.94. The van der Waals surface area contributed by atoms with Crippen LogP contribution in [0.15, 0.2) is 91.0 Å². The minimum absolute atomic E-state index is 0.0964. The van der Waals surface area contributed by atoms with Crippen molar-refractivity contribution in [3.63, 3.8) is 0 Å². The van der Waals surface area contributed by atoms with Crippen molar-refractivity contribution < 1.29 is 47.5 Å². The molecule has 0 aliphatic carbocycles. The summed E-state index contributed by atoms with van der Waals surface area (Å²) in [5.74, 6) is 0.520. The molecule has 0 saturated heterocycles. The van der Waals surface area contributed by atoms with Crippen molar-refractivity contribution in [1.82, 2.24) is 0 Å². The zero-order chi connectivity index (χ0) is 37.0. The maximum Gasteiger partial charge on any atom is 0.308 e. The van der Waals surface area contributed by atoms with Gasteiger partial charge in [-0.05, 0) is 76.0 Å². The summed E-state index contributed by atoms with van der Waals surface area (Å²) in [5, 5.41) is 0.665. The van der Waals surface area contributed by atoms with Gasteiger partial charge in [0.25, 0.3) is 0 Å². The van der Waals surface area contributed by atoms with Crippen LogP contribution >= 0.6 is 22.6 Å². The largest absolute Gasteiger partial charge is 0.488 e. The quantitative estimate of drug-likeness (QED) is 0.0392. The average Bonchev–Trinajstić information content (AvgIpc) is 3.13. The first-order chi connectivity index (χ1) is 25.2. The summed E-state index contributed by atoms with van der Waals surface area (Å²) in [7, 11) is 2.99. The number of methoxy groups -OCH3 is 2. The molecule has 0 saturated carbocycles. The van der Waals surface area contributed by atoms with Crippen LogP contribution in [0, 0.1) is 10.5 Å². The van der Waals surface area contributed by atoms with Crippen LogP contribution in [0.4, 0.5) is 0 Å². The summed E-state index contributed by atoms with van der Waals surface area (Å²) in [6, 6.07) is 28.8. The predicted octanol–water partition coefficient (Wildman–Crippen LogP) is 8.65. The number of hydrogen-bond acceptors (Lipinski definition) is 10. The van der Waals surface area contributed by atoms with Gasteiger partial charge >= 0.3 is 11.9 Å². The molecule has 5 aromatic rings. The zero-order valence-corrected chi connectivity index (χ0v) is 31.9. The molecule has 0 radical (unpaired) electrons. The Bertz CT molecular complexity index is 1980. The number of fused-ring (bicyclic) bond motifs is 1.